The summed E-state index contributed by atoms with van der Waals surface area (Å²) in [6.07, 6.45) is 1.86. The van der Waals surface area contributed by atoms with E-state index in [0.29, 0.717) is 10.8 Å². The molecule has 2 amide bonds. The molecule has 0 atom stereocenters. The van der Waals surface area contributed by atoms with Crippen LogP contribution in [0.2, 0.25) is 5.02 Å². The number of likely N-dealkylation sites (tertiary alicyclic amines) is 1. The van der Waals surface area contributed by atoms with Gasteiger partial charge in [-0.2, -0.15) is 0 Å². The molecule has 0 saturated carbocycles. The summed E-state index contributed by atoms with van der Waals surface area (Å²) in [6.45, 7) is 2.77. The van der Waals surface area contributed by atoms with Crippen molar-refractivity contribution in [3.8, 4) is 5.75 Å². The molecular formula is C22H26ClN3O3. The van der Waals surface area contributed by atoms with E-state index in [1.165, 1.54) is 0 Å². The van der Waals surface area contributed by atoms with Gasteiger partial charge in [0.05, 0.1) is 13.0 Å². The third kappa shape index (κ3) is 6.76. The molecule has 1 saturated heterocycles. The van der Waals surface area contributed by atoms with E-state index in [0.717, 1.165) is 43.7 Å². The highest BCUT2D eigenvalue weighted by atomic mass is 35.5. The summed E-state index contributed by atoms with van der Waals surface area (Å²) in [4.78, 5) is 25.8. The number of anilines is 1. The predicted molar refractivity (Wildman–Crippen MR) is 114 cm³/mol. The lowest BCUT2D eigenvalue weighted by Crippen LogP contribution is -2.38. The van der Waals surface area contributed by atoms with Crippen LogP contribution in [-0.4, -0.2) is 36.4 Å². The normalized spacial score (nSPS) is 15.1. The fourth-order valence-electron chi connectivity index (χ4n) is 3.42. The molecule has 0 aromatic heterocycles. The van der Waals surface area contributed by atoms with E-state index >= 15 is 0 Å². The molecule has 1 fully saturated rings. The summed E-state index contributed by atoms with van der Waals surface area (Å²) in [5, 5.41) is 3.51. The lowest BCUT2D eigenvalue weighted by molar-refractivity contribution is -0.123. The number of hydrogen-bond donors (Lipinski definition) is 2. The van der Waals surface area contributed by atoms with Gasteiger partial charge in [-0.1, -0.05) is 29.8 Å². The molecule has 7 heteroatoms. The van der Waals surface area contributed by atoms with E-state index < -0.39 is 0 Å². The average Bonchev–Trinajstić information content (AvgIpc) is 2.69. The first-order valence-corrected chi connectivity index (χ1v) is 10.2. The van der Waals surface area contributed by atoms with Crippen molar-refractivity contribution < 1.29 is 14.3 Å². The Morgan fingerprint density at radius 2 is 1.90 bits per heavy atom. The Labute approximate surface area is 176 Å². The maximum atomic E-state index is 12.2. The number of nitrogens with one attached hydrogen (secondary N) is 1. The second-order valence-corrected chi connectivity index (χ2v) is 7.69. The van der Waals surface area contributed by atoms with Crippen molar-refractivity contribution in [2.75, 3.05) is 25.0 Å². The molecule has 29 heavy (non-hydrogen) atoms. The lowest BCUT2D eigenvalue weighted by atomic mass is 9.96. The molecule has 0 radical (unpaired) electrons. The number of carbonyl (C=O) groups is 2. The molecule has 0 bridgehead atoms. The van der Waals surface area contributed by atoms with E-state index in [9.17, 15) is 9.59 Å². The molecule has 154 valence electrons. The van der Waals surface area contributed by atoms with Crippen LogP contribution < -0.4 is 15.8 Å². The number of primary amides is 1. The average molecular weight is 416 g/mol. The Bertz CT molecular complexity index is 851. The van der Waals surface area contributed by atoms with Crippen LogP contribution in [-0.2, 0) is 16.1 Å². The second-order valence-electron chi connectivity index (χ2n) is 7.26. The van der Waals surface area contributed by atoms with Crippen LogP contribution in [0.25, 0.3) is 0 Å². The van der Waals surface area contributed by atoms with E-state index in [-0.39, 0.29) is 30.8 Å². The van der Waals surface area contributed by atoms with Gasteiger partial charge in [0.15, 0.2) is 0 Å². The van der Waals surface area contributed by atoms with Crippen molar-refractivity contribution in [2.45, 2.75) is 25.8 Å². The first-order chi connectivity index (χ1) is 14.0. The molecule has 3 rings (SSSR count). The quantitative estimate of drug-likeness (QED) is 0.691. The van der Waals surface area contributed by atoms with Gasteiger partial charge in [-0.15, -0.1) is 0 Å². The number of piperidine rings is 1. The highest BCUT2D eigenvalue weighted by Crippen LogP contribution is 2.20. The monoisotopic (exact) mass is 415 g/mol. The molecule has 3 N–H and O–H groups in total. The van der Waals surface area contributed by atoms with Gasteiger partial charge >= 0.3 is 0 Å². The number of ether oxygens (including phenoxy) is 1. The van der Waals surface area contributed by atoms with Gasteiger partial charge in [-0.05, 0) is 61.8 Å². The smallest absolute Gasteiger partial charge is 0.227 e. The van der Waals surface area contributed by atoms with E-state index in [4.69, 9.17) is 22.1 Å². The molecule has 0 aliphatic carbocycles. The highest BCUT2D eigenvalue weighted by molar-refractivity contribution is 6.30. The van der Waals surface area contributed by atoms with E-state index in [1.54, 1.807) is 24.3 Å². The number of hydrogen-bond acceptors (Lipinski definition) is 4. The van der Waals surface area contributed by atoms with Crippen LogP contribution in [0.15, 0.2) is 48.5 Å². The maximum Gasteiger partial charge on any atom is 0.227 e. The zero-order valence-electron chi connectivity index (χ0n) is 16.3. The van der Waals surface area contributed by atoms with Crippen LogP contribution in [0, 0.1) is 5.92 Å². The number of nitrogens with zero attached hydrogens (tertiary/aromatic N) is 1. The standard InChI is InChI=1S/C22H26ClN3O3/c23-18-4-2-6-20(14-18)29-12-9-21(27)25-19-5-1-3-16(13-19)15-26-10-7-17(8-11-26)22(24)28/h1-6,13-14,17H,7-12,15H2,(H2,24,28)(H,25,27). The zero-order chi connectivity index (χ0) is 20.6. The minimum atomic E-state index is -0.200. The van der Waals surface area contributed by atoms with Crippen molar-refractivity contribution in [3.05, 3.63) is 59.1 Å². The Morgan fingerprint density at radius 3 is 2.62 bits per heavy atom. The van der Waals surface area contributed by atoms with Crippen LogP contribution in [0.4, 0.5) is 5.69 Å². The Balaban J connectivity index is 1.44. The number of carbonyl (C=O) groups excluding carboxylic acids is 2. The summed E-state index contributed by atoms with van der Waals surface area (Å²) in [5.41, 5.74) is 7.28. The predicted octanol–water partition coefficient (Wildman–Crippen LogP) is 3.44. The maximum absolute atomic E-state index is 12.2. The number of benzene rings is 2. The minimum Gasteiger partial charge on any atom is -0.493 e. The molecular weight excluding hydrogens is 390 g/mol. The van der Waals surface area contributed by atoms with Gasteiger partial charge in [0.1, 0.15) is 5.75 Å². The molecule has 1 aliphatic heterocycles. The van der Waals surface area contributed by atoms with Gasteiger partial charge in [-0.25, -0.2) is 0 Å². The summed E-state index contributed by atoms with van der Waals surface area (Å²) in [7, 11) is 0. The largest absolute Gasteiger partial charge is 0.493 e. The number of rotatable bonds is 8. The first-order valence-electron chi connectivity index (χ1n) is 9.78. The minimum absolute atomic E-state index is 0.00833. The van der Waals surface area contributed by atoms with Crippen molar-refractivity contribution >= 4 is 29.1 Å². The summed E-state index contributed by atoms with van der Waals surface area (Å²) in [6, 6.07) is 14.9. The van der Waals surface area contributed by atoms with Crippen LogP contribution >= 0.6 is 11.6 Å². The third-order valence-electron chi connectivity index (χ3n) is 5.00. The highest BCUT2D eigenvalue weighted by Gasteiger charge is 2.22. The fraction of sp³-hybridized carbons (Fsp3) is 0.364. The molecule has 0 unspecified atom stereocenters. The number of nitrogens with two attached hydrogens (primary N) is 1. The fourth-order valence-corrected chi connectivity index (χ4v) is 3.60. The van der Waals surface area contributed by atoms with Crippen molar-refractivity contribution in [3.63, 3.8) is 0 Å². The summed E-state index contributed by atoms with van der Waals surface area (Å²) in [5.74, 6) is 0.332. The molecule has 1 aliphatic rings. The molecule has 6 nitrogen and oxygen atoms in total. The van der Waals surface area contributed by atoms with E-state index in [1.807, 2.05) is 24.3 Å². The number of amides is 2. The van der Waals surface area contributed by atoms with Gasteiger partial charge in [0, 0.05) is 23.2 Å². The molecule has 0 spiro atoms. The lowest BCUT2D eigenvalue weighted by Gasteiger charge is -2.30. The first kappa shape index (κ1) is 21.1. The molecule has 2 aromatic carbocycles. The molecule has 2 aromatic rings. The van der Waals surface area contributed by atoms with Crippen molar-refractivity contribution in [1.29, 1.82) is 0 Å². The third-order valence-corrected chi connectivity index (χ3v) is 5.24. The van der Waals surface area contributed by atoms with Gasteiger partial charge in [-0.3, -0.25) is 14.5 Å². The van der Waals surface area contributed by atoms with Crippen molar-refractivity contribution in [1.82, 2.24) is 4.90 Å². The molecule has 1 heterocycles. The van der Waals surface area contributed by atoms with Crippen LogP contribution in [0.1, 0.15) is 24.8 Å². The summed E-state index contributed by atoms with van der Waals surface area (Å²) < 4.78 is 5.56. The Hall–Kier alpha value is -2.57. The Morgan fingerprint density at radius 1 is 1.14 bits per heavy atom. The van der Waals surface area contributed by atoms with Gasteiger partial charge < -0.3 is 15.8 Å². The second kappa shape index (κ2) is 10.3. The topological polar surface area (TPSA) is 84.7 Å². The Kier molecular flexibility index (Phi) is 7.49. The van der Waals surface area contributed by atoms with Crippen LogP contribution in [0.5, 0.6) is 5.75 Å². The van der Waals surface area contributed by atoms with E-state index in [2.05, 4.69) is 10.2 Å². The van der Waals surface area contributed by atoms with Gasteiger partial charge in [0.2, 0.25) is 11.8 Å². The number of halogens is 1. The van der Waals surface area contributed by atoms with Crippen molar-refractivity contribution in [2.24, 2.45) is 11.7 Å². The van der Waals surface area contributed by atoms with Gasteiger partial charge in [0.25, 0.3) is 0 Å². The zero-order valence-corrected chi connectivity index (χ0v) is 17.0. The summed E-state index contributed by atoms with van der Waals surface area (Å²) >= 11 is 5.92. The van der Waals surface area contributed by atoms with Crippen LogP contribution in [0.3, 0.4) is 0 Å². The SMILES string of the molecule is NC(=O)C1CCN(Cc2cccc(NC(=O)CCOc3cccc(Cl)c3)c2)CC1.